The number of morpholine rings is 1. The predicted molar refractivity (Wildman–Crippen MR) is 98.8 cm³/mol. The Morgan fingerprint density at radius 1 is 1.25 bits per heavy atom. The van der Waals surface area contributed by atoms with Gasteiger partial charge in [0, 0.05) is 13.1 Å². The topological polar surface area (TPSA) is 71.0 Å². The second kappa shape index (κ2) is 8.16. The van der Waals surface area contributed by atoms with E-state index in [1.165, 1.54) is 0 Å². The van der Waals surface area contributed by atoms with Gasteiger partial charge in [0.05, 0.1) is 31.5 Å². The Morgan fingerprint density at radius 3 is 2.25 bits per heavy atom. The SMILES string of the molecule is CC(C)(O)C[C@@H](CO[Si](C)(C)C(C)(C)C)NC(=O)N1CCOCC1. The van der Waals surface area contributed by atoms with E-state index in [-0.39, 0.29) is 17.1 Å². The maximum atomic E-state index is 12.4. The number of hydrogen-bond acceptors (Lipinski definition) is 4. The van der Waals surface area contributed by atoms with Crippen LogP contribution in [0.5, 0.6) is 0 Å². The number of carbonyl (C=O) groups is 1. The second-order valence-corrected chi connectivity index (χ2v) is 13.6. The van der Waals surface area contributed by atoms with Gasteiger partial charge < -0.3 is 24.5 Å². The molecule has 0 bridgehead atoms. The quantitative estimate of drug-likeness (QED) is 0.714. The van der Waals surface area contributed by atoms with Crippen molar-refractivity contribution in [3.8, 4) is 0 Å². The number of rotatable bonds is 6. The average Bonchev–Trinajstić information content (AvgIpc) is 2.43. The number of amides is 2. The zero-order chi connectivity index (χ0) is 18.6. The minimum absolute atomic E-state index is 0.105. The molecule has 1 aliphatic rings. The molecule has 0 aliphatic carbocycles. The molecule has 24 heavy (non-hydrogen) atoms. The Kier molecular flexibility index (Phi) is 7.28. The maximum absolute atomic E-state index is 12.4. The van der Waals surface area contributed by atoms with E-state index >= 15 is 0 Å². The molecule has 142 valence electrons. The van der Waals surface area contributed by atoms with Crippen LogP contribution in [0.2, 0.25) is 18.1 Å². The van der Waals surface area contributed by atoms with Crippen molar-refractivity contribution in [2.45, 2.75) is 70.8 Å². The zero-order valence-corrected chi connectivity index (χ0v) is 17.4. The molecule has 2 N–H and O–H groups in total. The summed E-state index contributed by atoms with van der Waals surface area (Å²) in [6.45, 7) is 17.2. The van der Waals surface area contributed by atoms with Crippen molar-refractivity contribution >= 4 is 14.3 Å². The first-order valence-corrected chi connectivity index (χ1v) is 11.7. The van der Waals surface area contributed by atoms with Crippen molar-refractivity contribution in [1.82, 2.24) is 10.2 Å². The van der Waals surface area contributed by atoms with E-state index in [2.05, 4.69) is 39.2 Å². The van der Waals surface area contributed by atoms with Gasteiger partial charge in [0.25, 0.3) is 0 Å². The van der Waals surface area contributed by atoms with Gasteiger partial charge in [0.1, 0.15) is 0 Å². The molecule has 6 nitrogen and oxygen atoms in total. The molecule has 2 amide bonds. The summed E-state index contributed by atoms with van der Waals surface area (Å²) in [5.74, 6) is 0. The Hall–Kier alpha value is -0.633. The Bertz CT molecular complexity index is 410. The molecule has 0 spiro atoms. The summed E-state index contributed by atoms with van der Waals surface area (Å²) >= 11 is 0. The van der Waals surface area contributed by atoms with Gasteiger partial charge in [-0.2, -0.15) is 0 Å². The summed E-state index contributed by atoms with van der Waals surface area (Å²) in [5.41, 5.74) is -0.861. The summed E-state index contributed by atoms with van der Waals surface area (Å²) in [6.07, 6.45) is 0.456. The van der Waals surface area contributed by atoms with E-state index in [9.17, 15) is 9.90 Å². The first-order valence-electron chi connectivity index (χ1n) is 8.81. The van der Waals surface area contributed by atoms with E-state index < -0.39 is 13.9 Å². The fraction of sp³-hybridized carbons (Fsp3) is 0.941. The number of hydrogen-bond donors (Lipinski definition) is 2. The highest BCUT2D eigenvalue weighted by Gasteiger charge is 2.38. The number of nitrogens with zero attached hydrogens (tertiary/aromatic N) is 1. The lowest BCUT2D eigenvalue weighted by Crippen LogP contribution is -2.53. The highest BCUT2D eigenvalue weighted by molar-refractivity contribution is 6.74. The summed E-state index contributed by atoms with van der Waals surface area (Å²) in [4.78, 5) is 14.2. The van der Waals surface area contributed by atoms with Gasteiger partial charge >= 0.3 is 6.03 Å². The van der Waals surface area contributed by atoms with Gasteiger partial charge in [-0.15, -0.1) is 0 Å². The van der Waals surface area contributed by atoms with Gasteiger partial charge in [0.15, 0.2) is 8.32 Å². The molecule has 0 saturated carbocycles. The summed E-state index contributed by atoms with van der Waals surface area (Å²) in [7, 11) is -1.90. The van der Waals surface area contributed by atoms with Crippen LogP contribution >= 0.6 is 0 Å². The third-order valence-corrected chi connectivity index (χ3v) is 9.32. The fourth-order valence-electron chi connectivity index (χ4n) is 2.31. The van der Waals surface area contributed by atoms with Gasteiger partial charge in [0.2, 0.25) is 0 Å². The molecule has 0 unspecified atom stereocenters. The zero-order valence-electron chi connectivity index (χ0n) is 16.4. The molecule has 0 aromatic heterocycles. The molecule has 1 aliphatic heterocycles. The highest BCUT2D eigenvalue weighted by atomic mass is 28.4. The van der Waals surface area contributed by atoms with Crippen molar-refractivity contribution in [2.75, 3.05) is 32.9 Å². The molecule has 1 saturated heterocycles. The molecule has 1 heterocycles. The molecule has 1 rings (SSSR count). The highest BCUT2D eigenvalue weighted by Crippen LogP contribution is 2.36. The van der Waals surface area contributed by atoms with Crippen molar-refractivity contribution in [3.05, 3.63) is 0 Å². The number of aliphatic hydroxyl groups is 1. The third kappa shape index (κ3) is 7.09. The Morgan fingerprint density at radius 2 is 1.79 bits per heavy atom. The largest absolute Gasteiger partial charge is 0.415 e. The number of ether oxygens (including phenoxy) is 1. The molecule has 0 radical (unpaired) electrons. The first kappa shape index (κ1) is 21.4. The van der Waals surface area contributed by atoms with Crippen LogP contribution < -0.4 is 5.32 Å². The van der Waals surface area contributed by atoms with Crippen LogP contribution in [0.25, 0.3) is 0 Å². The van der Waals surface area contributed by atoms with Crippen LogP contribution in [0.15, 0.2) is 0 Å². The monoisotopic (exact) mass is 360 g/mol. The number of carbonyl (C=O) groups excluding carboxylic acids is 1. The van der Waals surface area contributed by atoms with E-state index in [4.69, 9.17) is 9.16 Å². The molecular formula is C17H36N2O4Si. The van der Waals surface area contributed by atoms with E-state index in [1.807, 2.05) is 0 Å². The predicted octanol–water partition coefficient (Wildman–Crippen LogP) is 2.58. The maximum Gasteiger partial charge on any atom is 0.317 e. The molecular weight excluding hydrogens is 324 g/mol. The minimum Gasteiger partial charge on any atom is -0.415 e. The van der Waals surface area contributed by atoms with Gasteiger partial charge in [-0.25, -0.2) is 4.79 Å². The normalized spacial score (nSPS) is 18.4. The molecule has 0 aromatic rings. The van der Waals surface area contributed by atoms with Crippen molar-refractivity contribution in [2.24, 2.45) is 0 Å². The van der Waals surface area contributed by atoms with Crippen molar-refractivity contribution < 1.29 is 19.1 Å². The van der Waals surface area contributed by atoms with Crippen LogP contribution in [0.4, 0.5) is 4.79 Å². The third-order valence-electron chi connectivity index (χ3n) is 4.82. The van der Waals surface area contributed by atoms with Crippen LogP contribution in [0.3, 0.4) is 0 Å². The molecule has 0 aromatic carbocycles. The van der Waals surface area contributed by atoms with E-state index in [0.29, 0.717) is 39.3 Å². The van der Waals surface area contributed by atoms with Crippen molar-refractivity contribution in [3.63, 3.8) is 0 Å². The van der Waals surface area contributed by atoms with Crippen molar-refractivity contribution in [1.29, 1.82) is 0 Å². The summed E-state index contributed by atoms with van der Waals surface area (Å²) in [5, 5.41) is 13.3. The van der Waals surface area contributed by atoms with Gasteiger partial charge in [-0.05, 0) is 38.4 Å². The first-order chi connectivity index (χ1) is 10.8. The number of urea groups is 1. The van der Waals surface area contributed by atoms with Crippen LogP contribution in [-0.2, 0) is 9.16 Å². The lowest BCUT2D eigenvalue weighted by atomic mass is 10.00. The second-order valence-electron chi connectivity index (χ2n) is 8.83. The number of nitrogens with one attached hydrogen (secondary N) is 1. The fourth-order valence-corrected chi connectivity index (χ4v) is 3.36. The summed E-state index contributed by atoms with van der Waals surface area (Å²) < 4.78 is 11.5. The minimum atomic E-state index is -1.90. The molecule has 1 atom stereocenters. The Balaban J connectivity index is 2.68. The van der Waals surface area contributed by atoms with Crippen LogP contribution in [0, 0.1) is 0 Å². The average molecular weight is 361 g/mol. The van der Waals surface area contributed by atoms with Crippen LogP contribution in [-0.4, -0.2) is 68.9 Å². The lowest BCUT2D eigenvalue weighted by molar-refractivity contribution is 0.0414. The Labute approximate surface area is 148 Å². The smallest absolute Gasteiger partial charge is 0.317 e. The standard InChI is InChI=1S/C17H36N2O4Si/c1-16(2,3)24(6,7)23-13-14(12-17(4,5)21)18-15(20)19-8-10-22-11-9-19/h14,21H,8-13H2,1-7H3,(H,18,20)/t14-/m0/s1. The van der Waals surface area contributed by atoms with Crippen LogP contribution in [0.1, 0.15) is 41.0 Å². The van der Waals surface area contributed by atoms with E-state index in [0.717, 1.165) is 0 Å². The molecule has 7 heteroatoms. The lowest BCUT2D eigenvalue weighted by Gasteiger charge is -2.38. The van der Waals surface area contributed by atoms with E-state index in [1.54, 1.807) is 18.7 Å². The summed E-state index contributed by atoms with van der Waals surface area (Å²) in [6, 6.07) is -0.319. The van der Waals surface area contributed by atoms with Gasteiger partial charge in [-0.1, -0.05) is 20.8 Å². The van der Waals surface area contributed by atoms with Gasteiger partial charge in [-0.3, -0.25) is 0 Å². The molecule has 1 fully saturated rings.